The summed E-state index contributed by atoms with van der Waals surface area (Å²) in [5.41, 5.74) is 5.51. The lowest BCUT2D eigenvalue weighted by molar-refractivity contribution is -0.153. The third kappa shape index (κ3) is 4.57. The maximum absolute atomic E-state index is 13.1. The van der Waals surface area contributed by atoms with Gasteiger partial charge >= 0.3 is 5.97 Å². The van der Waals surface area contributed by atoms with Crippen molar-refractivity contribution < 1.29 is 9.53 Å². The molecule has 2 aliphatic heterocycles. The van der Waals surface area contributed by atoms with Crippen LogP contribution in [0.3, 0.4) is 0 Å². The molecule has 0 saturated carbocycles. The summed E-state index contributed by atoms with van der Waals surface area (Å²) in [6, 6.07) is 17.0. The summed E-state index contributed by atoms with van der Waals surface area (Å²) in [5.74, 6) is -0.172. The Morgan fingerprint density at radius 1 is 1.13 bits per heavy atom. The van der Waals surface area contributed by atoms with Crippen LogP contribution in [-0.2, 0) is 16.0 Å². The highest BCUT2D eigenvalue weighted by Gasteiger charge is 2.40. The highest BCUT2D eigenvalue weighted by Crippen LogP contribution is 2.35. The fourth-order valence-corrected chi connectivity index (χ4v) is 6.50. The predicted octanol–water partition coefficient (Wildman–Crippen LogP) is 4.52. The van der Waals surface area contributed by atoms with Crippen LogP contribution in [0.25, 0.3) is 33.2 Å². The smallest absolute Gasteiger partial charge is 0.310 e. The third-order valence-corrected chi connectivity index (χ3v) is 8.32. The molecule has 0 bridgehead atoms. The summed E-state index contributed by atoms with van der Waals surface area (Å²) in [7, 11) is 0. The fourth-order valence-electron chi connectivity index (χ4n) is 6.50. The number of esters is 1. The minimum atomic E-state index is -0.114. The van der Waals surface area contributed by atoms with E-state index in [0.29, 0.717) is 18.2 Å². The van der Waals surface area contributed by atoms with E-state index in [9.17, 15) is 10.1 Å². The van der Waals surface area contributed by atoms with Crippen molar-refractivity contribution in [3.05, 3.63) is 53.6 Å². The molecule has 2 aliphatic rings. The summed E-state index contributed by atoms with van der Waals surface area (Å²) in [6.45, 7) is 5.40. The highest BCUT2D eigenvalue weighted by atomic mass is 16.5. The molecule has 8 heteroatoms. The lowest BCUT2D eigenvalue weighted by Crippen LogP contribution is -2.55. The third-order valence-electron chi connectivity index (χ3n) is 8.32. The van der Waals surface area contributed by atoms with Crippen LogP contribution in [-0.4, -0.2) is 64.4 Å². The number of fused-ring (bicyclic) bond motifs is 2. The van der Waals surface area contributed by atoms with E-state index in [-0.39, 0.29) is 17.9 Å². The van der Waals surface area contributed by atoms with Crippen molar-refractivity contribution in [3.8, 4) is 17.5 Å². The summed E-state index contributed by atoms with van der Waals surface area (Å²) >= 11 is 0. The lowest BCUT2D eigenvalue weighted by Gasteiger charge is -2.46. The van der Waals surface area contributed by atoms with Crippen LogP contribution < -0.4 is 5.32 Å². The van der Waals surface area contributed by atoms with Crippen molar-refractivity contribution in [1.29, 1.82) is 5.26 Å². The number of nitrogens with zero attached hydrogens (tertiary/aromatic N) is 3. The van der Waals surface area contributed by atoms with Gasteiger partial charge in [-0.25, -0.2) is 0 Å². The average Bonchev–Trinajstić information content (AvgIpc) is 3.58. The minimum Gasteiger partial charge on any atom is -0.466 e. The maximum Gasteiger partial charge on any atom is 0.310 e. The Hall–Kier alpha value is -3.67. The number of carbonyl (C=O) groups excluding carboxylic acids is 1. The zero-order valence-electron chi connectivity index (χ0n) is 21.8. The molecule has 3 N–H and O–H groups in total. The lowest BCUT2D eigenvalue weighted by atomic mass is 9.82. The first-order valence-corrected chi connectivity index (χ1v) is 13.8. The number of aromatic amines is 2. The van der Waals surface area contributed by atoms with Crippen LogP contribution in [0.5, 0.6) is 0 Å². The van der Waals surface area contributed by atoms with E-state index < -0.39 is 0 Å². The van der Waals surface area contributed by atoms with Crippen molar-refractivity contribution in [3.63, 3.8) is 0 Å². The van der Waals surface area contributed by atoms with Gasteiger partial charge in [-0.2, -0.15) is 10.4 Å². The molecule has 2 aromatic heterocycles. The largest absolute Gasteiger partial charge is 0.466 e. The van der Waals surface area contributed by atoms with Gasteiger partial charge in [-0.3, -0.25) is 14.8 Å². The predicted molar refractivity (Wildman–Crippen MR) is 148 cm³/mol. The van der Waals surface area contributed by atoms with Gasteiger partial charge in [0.15, 0.2) is 0 Å². The number of H-pyrrole nitrogens is 2. The SMILES string of the molecule is CCOC(=O)C1CCCN(C2CCNCC2)[C@@H]1Cc1cccc2[nH]c(-c3n[nH]c4cc(C#N)ccc34)cc12. The van der Waals surface area contributed by atoms with Crippen molar-refractivity contribution in [2.24, 2.45) is 5.92 Å². The van der Waals surface area contributed by atoms with E-state index in [4.69, 9.17) is 4.74 Å². The van der Waals surface area contributed by atoms with E-state index in [0.717, 1.165) is 84.9 Å². The van der Waals surface area contributed by atoms with Gasteiger partial charge in [0.05, 0.1) is 35.4 Å². The molecule has 4 aromatic rings. The first-order chi connectivity index (χ1) is 18.7. The van der Waals surface area contributed by atoms with E-state index in [1.165, 1.54) is 5.56 Å². The molecule has 1 unspecified atom stereocenters. The highest BCUT2D eigenvalue weighted by molar-refractivity contribution is 5.96. The summed E-state index contributed by atoms with van der Waals surface area (Å²) in [5, 5.41) is 22.5. The number of benzene rings is 2. The van der Waals surface area contributed by atoms with Gasteiger partial charge in [-0.05, 0) is 94.6 Å². The second kappa shape index (κ2) is 10.6. The Labute approximate surface area is 222 Å². The Morgan fingerprint density at radius 2 is 2.00 bits per heavy atom. The zero-order valence-corrected chi connectivity index (χ0v) is 21.8. The number of likely N-dealkylation sites (tertiary alicyclic amines) is 1. The monoisotopic (exact) mass is 510 g/mol. The standard InChI is InChI=1S/C30H34N6O2/c1-2-38-30(37)23-6-4-14-36(21-10-12-32-13-11-21)28(23)16-20-5-3-7-25-24(20)17-27(33-25)29-22-9-8-19(18-31)15-26(22)34-35-29/h3,5,7-9,15,17,21,23,28,32-33H,2,4,6,10-14,16H2,1H3,(H,34,35)/t23?,28-/m1/s1. The van der Waals surface area contributed by atoms with Crippen LogP contribution in [0.15, 0.2) is 42.5 Å². The van der Waals surface area contributed by atoms with E-state index in [1.807, 2.05) is 25.1 Å². The molecule has 8 nitrogen and oxygen atoms in total. The number of piperidine rings is 2. The molecular formula is C30H34N6O2. The van der Waals surface area contributed by atoms with Gasteiger partial charge < -0.3 is 15.0 Å². The number of ether oxygens (including phenoxy) is 1. The minimum absolute atomic E-state index is 0.0576. The number of nitrogens with one attached hydrogen (secondary N) is 3. The number of nitriles is 1. The zero-order chi connectivity index (χ0) is 26.1. The summed E-state index contributed by atoms with van der Waals surface area (Å²) in [6.07, 6.45) is 4.94. The van der Waals surface area contributed by atoms with Gasteiger partial charge in [0.25, 0.3) is 0 Å². The quantitative estimate of drug-likeness (QED) is 0.329. The number of hydrogen-bond acceptors (Lipinski definition) is 6. The molecule has 0 radical (unpaired) electrons. The second-order valence-electron chi connectivity index (χ2n) is 10.5. The maximum atomic E-state index is 13.1. The normalized spacial score (nSPS) is 21.1. The van der Waals surface area contributed by atoms with Crippen molar-refractivity contribution in [2.45, 2.75) is 51.1 Å². The number of aromatic nitrogens is 3. The molecule has 2 fully saturated rings. The molecule has 2 atom stereocenters. The number of rotatable bonds is 6. The van der Waals surface area contributed by atoms with Crippen molar-refractivity contribution in [1.82, 2.24) is 25.4 Å². The summed E-state index contributed by atoms with van der Waals surface area (Å²) in [4.78, 5) is 19.3. The fraction of sp³-hybridized carbons (Fsp3) is 0.433. The Morgan fingerprint density at radius 3 is 2.82 bits per heavy atom. The van der Waals surface area contributed by atoms with E-state index >= 15 is 0 Å². The first kappa shape index (κ1) is 24.7. The molecule has 0 aliphatic carbocycles. The Kier molecular flexibility index (Phi) is 6.88. The van der Waals surface area contributed by atoms with Crippen LogP contribution in [0.2, 0.25) is 0 Å². The molecule has 196 valence electrons. The Balaban J connectivity index is 1.36. The van der Waals surface area contributed by atoms with Crippen LogP contribution in [0.4, 0.5) is 0 Å². The molecule has 0 spiro atoms. The van der Waals surface area contributed by atoms with Crippen LogP contribution in [0, 0.1) is 17.2 Å². The number of hydrogen-bond donors (Lipinski definition) is 3. The molecule has 2 aromatic carbocycles. The average molecular weight is 511 g/mol. The summed E-state index contributed by atoms with van der Waals surface area (Å²) < 4.78 is 5.57. The van der Waals surface area contributed by atoms with Gasteiger partial charge in [-0.15, -0.1) is 0 Å². The molecule has 2 saturated heterocycles. The van der Waals surface area contributed by atoms with Gasteiger partial charge in [0, 0.05) is 28.4 Å². The second-order valence-corrected chi connectivity index (χ2v) is 10.5. The molecule has 4 heterocycles. The van der Waals surface area contributed by atoms with Gasteiger partial charge in [-0.1, -0.05) is 12.1 Å². The van der Waals surface area contributed by atoms with Crippen LogP contribution in [0.1, 0.15) is 43.7 Å². The Bertz CT molecular complexity index is 1490. The van der Waals surface area contributed by atoms with Gasteiger partial charge in [0.2, 0.25) is 0 Å². The molecular weight excluding hydrogens is 476 g/mol. The molecule has 38 heavy (non-hydrogen) atoms. The number of carbonyl (C=O) groups is 1. The van der Waals surface area contributed by atoms with E-state index in [2.05, 4.69) is 55.7 Å². The van der Waals surface area contributed by atoms with Crippen molar-refractivity contribution in [2.75, 3.05) is 26.2 Å². The van der Waals surface area contributed by atoms with Gasteiger partial charge in [0.1, 0.15) is 5.69 Å². The van der Waals surface area contributed by atoms with Crippen molar-refractivity contribution >= 4 is 27.8 Å². The topological polar surface area (TPSA) is 110 Å². The van der Waals surface area contributed by atoms with E-state index in [1.54, 1.807) is 0 Å². The first-order valence-electron chi connectivity index (χ1n) is 13.8. The molecule has 6 rings (SSSR count). The molecule has 0 amide bonds. The van der Waals surface area contributed by atoms with Crippen LogP contribution >= 0.6 is 0 Å².